The van der Waals surface area contributed by atoms with Crippen molar-refractivity contribution in [1.82, 2.24) is 9.62 Å². The molecule has 38 heavy (non-hydrogen) atoms. The lowest BCUT2D eigenvalue weighted by Gasteiger charge is -2.40. The molecule has 1 amide bonds. The fourth-order valence-electron chi connectivity index (χ4n) is 5.96. The summed E-state index contributed by atoms with van der Waals surface area (Å²) in [6.45, 7) is 1.94. The quantitative estimate of drug-likeness (QED) is 0.574. The van der Waals surface area contributed by atoms with E-state index in [1.165, 1.54) is 4.31 Å². The van der Waals surface area contributed by atoms with Crippen molar-refractivity contribution in [3.05, 3.63) is 70.8 Å². The first kappa shape index (κ1) is 27.2. The number of nitrogens with one attached hydrogen (secondary N) is 1. The van der Waals surface area contributed by atoms with Gasteiger partial charge in [0.1, 0.15) is 16.9 Å². The van der Waals surface area contributed by atoms with E-state index in [1.54, 1.807) is 31.2 Å². The maximum absolute atomic E-state index is 15.7. The number of amides is 1. The van der Waals surface area contributed by atoms with Crippen LogP contribution in [0.3, 0.4) is 0 Å². The summed E-state index contributed by atoms with van der Waals surface area (Å²) < 4.78 is 65.1. The Kier molecular flexibility index (Phi) is 7.61. The molecule has 2 saturated heterocycles. The SMILES string of the molecule is C[C@H]1CC[C@H](c2ccccc2)S(=O)(=O)N1Cc1cc(F)c(C2(C(=O)NC3CC(O)C3)CCOCC2)cc1F. The van der Waals surface area contributed by atoms with Crippen molar-refractivity contribution in [3.63, 3.8) is 0 Å². The van der Waals surface area contributed by atoms with E-state index in [0.717, 1.165) is 12.1 Å². The van der Waals surface area contributed by atoms with E-state index in [9.17, 15) is 18.3 Å². The van der Waals surface area contributed by atoms with Crippen LogP contribution in [-0.2, 0) is 31.5 Å². The molecule has 0 unspecified atom stereocenters. The standard InChI is InChI=1S/C28H34F2N2O5S/c1-18-7-8-26(19-5-3-2-4-6-19)38(35,36)32(18)17-20-13-25(30)23(16-24(20)29)28(9-11-37-12-10-28)27(34)31-21-14-22(33)15-21/h2-6,13,16,18,21-22,26,33H,7-12,14-15,17H2,1H3,(H,31,34)/t18-,21?,22?,26+/m0/s1. The lowest BCUT2D eigenvalue weighted by atomic mass is 9.72. The Hall–Kier alpha value is -2.40. The number of halogens is 2. The van der Waals surface area contributed by atoms with Crippen molar-refractivity contribution in [3.8, 4) is 0 Å². The van der Waals surface area contributed by atoms with Gasteiger partial charge in [0.2, 0.25) is 15.9 Å². The minimum Gasteiger partial charge on any atom is -0.393 e. The minimum absolute atomic E-state index is 0.0452. The molecular weight excluding hydrogens is 514 g/mol. The van der Waals surface area contributed by atoms with Crippen LogP contribution in [0.5, 0.6) is 0 Å². The fraction of sp³-hybridized carbons (Fsp3) is 0.536. The van der Waals surface area contributed by atoms with Crippen LogP contribution >= 0.6 is 0 Å². The van der Waals surface area contributed by atoms with E-state index >= 15 is 8.78 Å². The van der Waals surface area contributed by atoms with Crippen LogP contribution in [0.2, 0.25) is 0 Å². The number of rotatable bonds is 6. The molecule has 3 fully saturated rings. The smallest absolute Gasteiger partial charge is 0.231 e. The average molecular weight is 549 g/mol. The van der Waals surface area contributed by atoms with Gasteiger partial charge in [-0.25, -0.2) is 17.2 Å². The van der Waals surface area contributed by atoms with Crippen LogP contribution in [0.25, 0.3) is 0 Å². The van der Waals surface area contributed by atoms with Crippen molar-refractivity contribution in [1.29, 1.82) is 0 Å². The number of sulfonamides is 1. The Balaban J connectivity index is 1.43. The van der Waals surface area contributed by atoms with Crippen LogP contribution in [-0.4, -0.2) is 55.1 Å². The monoisotopic (exact) mass is 548 g/mol. The maximum Gasteiger partial charge on any atom is 0.231 e. The predicted molar refractivity (Wildman–Crippen MR) is 138 cm³/mol. The summed E-state index contributed by atoms with van der Waals surface area (Å²) in [7, 11) is -3.82. The van der Waals surface area contributed by atoms with Crippen molar-refractivity contribution < 1.29 is 31.8 Å². The average Bonchev–Trinajstić information content (AvgIpc) is 2.88. The topological polar surface area (TPSA) is 95.9 Å². The molecule has 3 aliphatic rings. The summed E-state index contributed by atoms with van der Waals surface area (Å²) in [5.41, 5.74) is -0.736. The van der Waals surface area contributed by atoms with Crippen LogP contribution < -0.4 is 5.32 Å². The van der Waals surface area contributed by atoms with E-state index in [2.05, 4.69) is 5.32 Å². The van der Waals surface area contributed by atoms with Crippen molar-refractivity contribution >= 4 is 15.9 Å². The molecule has 1 saturated carbocycles. The molecule has 5 rings (SSSR count). The summed E-state index contributed by atoms with van der Waals surface area (Å²) in [5.74, 6) is -1.89. The molecule has 10 heteroatoms. The lowest BCUT2D eigenvalue weighted by molar-refractivity contribution is -0.132. The van der Waals surface area contributed by atoms with Gasteiger partial charge in [-0.1, -0.05) is 30.3 Å². The molecule has 0 bridgehead atoms. The van der Waals surface area contributed by atoms with Gasteiger partial charge in [-0.3, -0.25) is 4.79 Å². The van der Waals surface area contributed by atoms with Crippen molar-refractivity contribution in [2.75, 3.05) is 13.2 Å². The summed E-state index contributed by atoms with van der Waals surface area (Å²) in [6, 6.07) is 10.5. The second-order valence-electron chi connectivity index (χ2n) is 10.8. The highest BCUT2D eigenvalue weighted by Gasteiger charge is 2.46. The summed E-state index contributed by atoms with van der Waals surface area (Å²) in [6.07, 6.45) is 1.84. The molecule has 0 aromatic heterocycles. The molecular formula is C28H34F2N2O5S. The minimum atomic E-state index is -3.82. The number of ether oxygens (including phenoxy) is 1. The summed E-state index contributed by atoms with van der Waals surface area (Å²) in [5, 5.41) is 11.7. The molecule has 206 valence electrons. The lowest BCUT2D eigenvalue weighted by Crippen LogP contribution is -2.55. The number of carbonyl (C=O) groups is 1. The Labute approximate surface area is 222 Å². The van der Waals surface area contributed by atoms with E-state index < -0.39 is 44.3 Å². The van der Waals surface area contributed by atoms with Crippen LogP contribution in [0.15, 0.2) is 42.5 Å². The fourth-order valence-corrected chi connectivity index (χ4v) is 8.15. The first-order valence-corrected chi connectivity index (χ1v) is 14.7. The molecule has 7 nitrogen and oxygen atoms in total. The summed E-state index contributed by atoms with van der Waals surface area (Å²) in [4.78, 5) is 13.4. The zero-order chi connectivity index (χ0) is 27.1. The van der Waals surface area contributed by atoms with Gasteiger partial charge in [-0.2, -0.15) is 4.31 Å². The normalized spacial score (nSPS) is 28.8. The zero-order valence-electron chi connectivity index (χ0n) is 21.4. The first-order chi connectivity index (χ1) is 18.1. The zero-order valence-corrected chi connectivity index (χ0v) is 22.2. The number of aliphatic hydroxyl groups excluding tert-OH is 1. The van der Waals surface area contributed by atoms with Gasteiger partial charge in [-0.05, 0) is 63.1 Å². The van der Waals surface area contributed by atoms with Crippen LogP contribution in [0, 0.1) is 11.6 Å². The predicted octanol–water partition coefficient (Wildman–Crippen LogP) is 3.71. The van der Waals surface area contributed by atoms with E-state index in [-0.39, 0.29) is 55.8 Å². The van der Waals surface area contributed by atoms with Gasteiger partial charge >= 0.3 is 0 Å². The second kappa shape index (κ2) is 10.6. The third-order valence-electron chi connectivity index (χ3n) is 8.40. The highest BCUT2D eigenvalue weighted by molar-refractivity contribution is 7.89. The van der Waals surface area contributed by atoms with Gasteiger partial charge in [0, 0.05) is 43.0 Å². The van der Waals surface area contributed by atoms with Crippen LogP contribution in [0.4, 0.5) is 8.78 Å². The van der Waals surface area contributed by atoms with Crippen molar-refractivity contribution in [2.45, 2.75) is 80.8 Å². The maximum atomic E-state index is 15.7. The Bertz CT molecular complexity index is 1280. The largest absolute Gasteiger partial charge is 0.393 e. The Morgan fingerprint density at radius 3 is 2.45 bits per heavy atom. The molecule has 2 N–H and O–H groups in total. The molecule has 2 atom stereocenters. The van der Waals surface area contributed by atoms with Crippen molar-refractivity contribution in [2.24, 2.45) is 0 Å². The number of hydrogen-bond acceptors (Lipinski definition) is 5. The number of nitrogens with zero attached hydrogens (tertiary/aromatic N) is 1. The van der Waals surface area contributed by atoms with Gasteiger partial charge in [0.25, 0.3) is 0 Å². The molecule has 1 aliphatic carbocycles. The Morgan fingerprint density at radius 2 is 1.79 bits per heavy atom. The van der Waals surface area contributed by atoms with E-state index in [0.29, 0.717) is 31.2 Å². The molecule has 0 spiro atoms. The molecule has 2 aliphatic heterocycles. The third-order valence-corrected chi connectivity index (χ3v) is 10.8. The van der Waals surface area contributed by atoms with Gasteiger partial charge in [-0.15, -0.1) is 0 Å². The first-order valence-electron chi connectivity index (χ1n) is 13.2. The third kappa shape index (κ3) is 4.99. The molecule has 0 radical (unpaired) electrons. The molecule has 2 heterocycles. The number of hydrogen-bond donors (Lipinski definition) is 2. The Morgan fingerprint density at radius 1 is 1.11 bits per heavy atom. The molecule has 2 aromatic rings. The number of aliphatic hydroxyl groups is 1. The van der Waals surface area contributed by atoms with Gasteiger partial charge in [0.15, 0.2) is 0 Å². The second-order valence-corrected chi connectivity index (χ2v) is 12.9. The van der Waals surface area contributed by atoms with Gasteiger partial charge < -0.3 is 15.2 Å². The highest BCUT2D eigenvalue weighted by atomic mass is 32.2. The number of benzene rings is 2. The molecule has 2 aromatic carbocycles. The van der Waals surface area contributed by atoms with E-state index in [1.807, 2.05) is 6.07 Å². The van der Waals surface area contributed by atoms with Crippen LogP contribution in [0.1, 0.15) is 67.4 Å². The summed E-state index contributed by atoms with van der Waals surface area (Å²) >= 11 is 0. The van der Waals surface area contributed by atoms with E-state index in [4.69, 9.17) is 4.74 Å². The van der Waals surface area contributed by atoms with Gasteiger partial charge in [0.05, 0.1) is 11.5 Å². The highest BCUT2D eigenvalue weighted by Crippen LogP contribution is 2.41. The number of carbonyl (C=O) groups excluding carboxylic acids is 1.